The van der Waals surface area contributed by atoms with Crippen LogP contribution in [0.1, 0.15) is 5.56 Å². The number of nitrogens with zero attached hydrogens (tertiary/aromatic N) is 3. The summed E-state index contributed by atoms with van der Waals surface area (Å²) in [6.45, 7) is 1.64. The fourth-order valence-corrected chi connectivity index (χ4v) is 4.47. The van der Waals surface area contributed by atoms with Gasteiger partial charge in [0, 0.05) is 10.7 Å². The number of aromatic nitrogens is 2. The molecule has 1 N–H and O–H groups in total. The molecule has 4 rings (SSSR count). The first-order valence-corrected chi connectivity index (χ1v) is 11.2. The minimum Gasteiger partial charge on any atom is -0.431 e. The molecule has 0 unspecified atom stereocenters. The van der Waals surface area contributed by atoms with Gasteiger partial charge in [-0.2, -0.15) is 0 Å². The predicted octanol–water partition coefficient (Wildman–Crippen LogP) is 6.52. The van der Waals surface area contributed by atoms with Crippen LogP contribution in [0.25, 0.3) is 15.8 Å². The van der Waals surface area contributed by atoms with Gasteiger partial charge in [0.25, 0.3) is 0 Å². The molecule has 31 heavy (non-hydrogen) atoms. The van der Waals surface area contributed by atoms with Crippen molar-refractivity contribution in [2.45, 2.75) is 11.8 Å². The summed E-state index contributed by atoms with van der Waals surface area (Å²) >= 11 is 12.0. The van der Waals surface area contributed by atoms with Crippen molar-refractivity contribution < 1.29 is 12.8 Å². The molecular weight excluding hydrogens is 462 g/mol. The van der Waals surface area contributed by atoms with Crippen molar-refractivity contribution in [1.29, 1.82) is 0 Å². The summed E-state index contributed by atoms with van der Waals surface area (Å²) in [6, 6.07) is 15.5. The molecule has 0 saturated carbocycles. The number of para-hydroxylation sites is 2. The lowest BCUT2D eigenvalue weighted by atomic mass is 10.2. The van der Waals surface area contributed by atoms with Gasteiger partial charge < -0.3 is 15.0 Å². The molecule has 0 amide bonds. The van der Waals surface area contributed by atoms with Crippen LogP contribution < -0.4 is 5.32 Å². The lowest BCUT2D eigenvalue weighted by molar-refractivity contribution is 0.603. The Balaban J connectivity index is 1.81. The summed E-state index contributed by atoms with van der Waals surface area (Å²) in [5.74, 6) is -0.574. The average Bonchev–Trinajstić information content (AvgIpc) is 2.72. The summed E-state index contributed by atoms with van der Waals surface area (Å²) in [4.78, 5) is 8.50. The smallest absolute Gasteiger partial charge is 0.204 e. The van der Waals surface area contributed by atoms with Gasteiger partial charge in [-0.15, -0.1) is 0 Å². The van der Waals surface area contributed by atoms with E-state index in [1.165, 1.54) is 24.3 Å². The molecule has 0 aliphatic rings. The summed E-state index contributed by atoms with van der Waals surface area (Å²) in [5, 5.41) is 3.06. The Morgan fingerprint density at radius 1 is 0.968 bits per heavy atom. The van der Waals surface area contributed by atoms with E-state index in [-0.39, 0.29) is 26.6 Å². The van der Waals surface area contributed by atoms with Crippen LogP contribution in [0.5, 0.6) is 0 Å². The normalized spacial score (nSPS) is 11.5. The molecule has 1 heterocycles. The quantitative estimate of drug-likeness (QED) is 0.354. The number of benzene rings is 3. The molecule has 0 saturated heterocycles. The highest BCUT2D eigenvalue weighted by molar-refractivity contribution is 7.94. The van der Waals surface area contributed by atoms with Crippen molar-refractivity contribution in [3.05, 3.63) is 86.8 Å². The second kappa shape index (κ2) is 8.30. The highest BCUT2D eigenvalue weighted by Gasteiger charge is 2.17. The second-order valence-electron chi connectivity index (χ2n) is 6.61. The number of hydrogen-bond acceptors (Lipinski definition) is 5. The Morgan fingerprint density at radius 3 is 2.39 bits per heavy atom. The van der Waals surface area contributed by atoms with Crippen LogP contribution in [0.15, 0.2) is 65.6 Å². The van der Waals surface area contributed by atoms with Crippen LogP contribution in [0, 0.1) is 12.7 Å². The minimum absolute atomic E-state index is 0.0305. The van der Waals surface area contributed by atoms with Gasteiger partial charge in [0.05, 0.1) is 15.4 Å². The first-order valence-electron chi connectivity index (χ1n) is 8.96. The molecule has 6 nitrogen and oxygen atoms in total. The molecule has 0 fully saturated rings. The van der Waals surface area contributed by atoms with Gasteiger partial charge in [0.1, 0.15) is 11.6 Å². The van der Waals surface area contributed by atoms with E-state index in [1.807, 2.05) is 0 Å². The predicted molar refractivity (Wildman–Crippen MR) is 121 cm³/mol. The Morgan fingerprint density at radius 2 is 1.68 bits per heavy atom. The SMILES string of the molecule is Cc1ccc(Nc2nc3ccccc3nc2[N-]S(=O)(=O)c2cc(Cl)ccc2Cl)cc1F. The van der Waals surface area contributed by atoms with Crippen molar-refractivity contribution in [1.82, 2.24) is 9.97 Å². The number of anilines is 2. The molecule has 0 aliphatic carbocycles. The average molecular weight is 476 g/mol. The van der Waals surface area contributed by atoms with Crippen LogP contribution in [-0.2, 0) is 10.0 Å². The van der Waals surface area contributed by atoms with E-state index in [2.05, 4.69) is 20.0 Å². The van der Waals surface area contributed by atoms with Gasteiger partial charge in [-0.25, -0.2) is 17.8 Å². The molecule has 0 bridgehead atoms. The molecule has 4 aromatic rings. The molecule has 0 radical (unpaired) electrons. The Hall–Kier alpha value is -2.94. The number of nitrogens with one attached hydrogen (secondary N) is 1. The number of rotatable bonds is 5. The van der Waals surface area contributed by atoms with E-state index < -0.39 is 15.8 Å². The molecular formula is C21H14Cl2FN4O2S-. The maximum absolute atomic E-state index is 14.0. The summed E-state index contributed by atoms with van der Waals surface area (Å²) in [6.07, 6.45) is 0. The van der Waals surface area contributed by atoms with Gasteiger partial charge in [-0.1, -0.05) is 47.5 Å². The topological polar surface area (TPSA) is 86.1 Å². The first-order chi connectivity index (χ1) is 14.7. The van der Waals surface area contributed by atoms with Crippen molar-refractivity contribution in [2.75, 3.05) is 5.32 Å². The number of sulfonamides is 1. The maximum Gasteiger partial charge on any atom is 0.204 e. The second-order valence-corrected chi connectivity index (χ2v) is 9.03. The summed E-state index contributed by atoms with van der Waals surface area (Å²) in [5.41, 5.74) is 1.78. The number of hydrogen-bond donors (Lipinski definition) is 1. The van der Waals surface area contributed by atoms with E-state index in [0.717, 1.165) is 0 Å². The fraction of sp³-hybridized carbons (Fsp3) is 0.0476. The molecule has 1 aromatic heterocycles. The number of fused-ring (bicyclic) bond motifs is 1. The first kappa shape index (κ1) is 21.3. The lowest BCUT2D eigenvalue weighted by Crippen LogP contribution is -2.03. The Labute approximate surface area is 188 Å². The third-order valence-corrected chi connectivity index (χ3v) is 6.35. The van der Waals surface area contributed by atoms with Crippen molar-refractivity contribution in [2.24, 2.45) is 0 Å². The van der Waals surface area contributed by atoms with E-state index in [9.17, 15) is 12.8 Å². The fourth-order valence-electron chi connectivity index (χ4n) is 2.78. The zero-order valence-corrected chi connectivity index (χ0v) is 18.3. The monoisotopic (exact) mass is 475 g/mol. The van der Waals surface area contributed by atoms with E-state index in [1.54, 1.807) is 43.3 Å². The molecule has 0 aliphatic heterocycles. The third kappa shape index (κ3) is 4.56. The molecule has 10 heteroatoms. The zero-order chi connectivity index (χ0) is 22.2. The van der Waals surface area contributed by atoms with Crippen molar-refractivity contribution >= 4 is 61.6 Å². The van der Waals surface area contributed by atoms with Crippen LogP contribution >= 0.6 is 23.2 Å². The third-order valence-electron chi connectivity index (χ3n) is 4.36. The number of aryl methyl sites for hydroxylation is 1. The van der Waals surface area contributed by atoms with Gasteiger partial charge in [0.15, 0.2) is 0 Å². The Kier molecular flexibility index (Phi) is 5.70. The van der Waals surface area contributed by atoms with Gasteiger partial charge in [-0.3, -0.25) is 0 Å². The van der Waals surface area contributed by atoms with Crippen LogP contribution in [0.4, 0.5) is 21.7 Å². The van der Waals surface area contributed by atoms with E-state index >= 15 is 0 Å². The van der Waals surface area contributed by atoms with E-state index in [4.69, 9.17) is 23.2 Å². The van der Waals surface area contributed by atoms with Gasteiger partial charge in [0.2, 0.25) is 10.0 Å². The lowest BCUT2D eigenvalue weighted by Gasteiger charge is -2.21. The summed E-state index contributed by atoms with van der Waals surface area (Å²) in [7, 11) is -4.27. The Bertz CT molecular complexity index is 1410. The van der Waals surface area contributed by atoms with Gasteiger partial charge >= 0.3 is 0 Å². The van der Waals surface area contributed by atoms with Crippen molar-refractivity contribution in [3.63, 3.8) is 0 Å². The van der Waals surface area contributed by atoms with E-state index in [0.29, 0.717) is 22.3 Å². The standard InChI is InChI=1S/C21H14Cl2FN4O2S/c1-12-6-8-14(11-16(12)24)25-20-21(27-18-5-3-2-4-17(18)26-20)28-31(29,30)19-10-13(22)7-9-15(19)23/h2-11H,1H3,(H-,25,26,27,28)/q-1. The molecule has 158 valence electrons. The highest BCUT2D eigenvalue weighted by Crippen LogP contribution is 2.37. The number of halogens is 3. The van der Waals surface area contributed by atoms with Crippen LogP contribution in [0.2, 0.25) is 10.0 Å². The van der Waals surface area contributed by atoms with Crippen LogP contribution in [0.3, 0.4) is 0 Å². The summed E-state index contributed by atoms with van der Waals surface area (Å²) < 4.78 is 43.7. The molecule has 0 spiro atoms. The zero-order valence-electron chi connectivity index (χ0n) is 16.0. The molecule has 3 aromatic carbocycles. The maximum atomic E-state index is 14.0. The largest absolute Gasteiger partial charge is 0.431 e. The van der Waals surface area contributed by atoms with Gasteiger partial charge in [-0.05, 0) is 60.2 Å². The minimum atomic E-state index is -4.27. The van der Waals surface area contributed by atoms with Crippen LogP contribution in [-0.4, -0.2) is 18.4 Å². The highest BCUT2D eigenvalue weighted by atomic mass is 35.5. The van der Waals surface area contributed by atoms with Crippen molar-refractivity contribution in [3.8, 4) is 0 Å². The molecule has 0 atom stereocenters.